The second-order valence-electron chi connectivity index (χ2n) is 5.64. The molecular weight excluding hydrogens is 288 g/mol. The first kappa shape index (κ1) is 12.9. The van der Waals surface area contributed by atoms with Crippen molar-refractivity contribution in [1.29, 1.82) is 0 Å². The van der Waals surface area contributed by atoms with Gasteiger partial charge in [0.05, 0.1) is 11.5 Å². The summed E-state index contributed by atoms with van der Waals surface area (Å²) in [5.74, 6) is 2.69. The summed E-state index contributed by atoms with van der Waals surface area (Å²) in [4.78, 5) is 0.424. The molecule has 0 aromatic rings. The predicted molar refractivity (Wildman–Crippen MR) is 70.6 cm³/mol. The summed E-state index contributed by atoms with van der Waals surface area (Å²) in [7, 11) is -2.72. The monoisotopic (exact) mass is 308 g/mol. The molecule has 1 heterocycles. The highest BCUT2D eigenvalue weighted by Crippen LogP contribution is 2.39. The van der Waals surface area contributed by atoms with Crippen molar-refractivity contribution >= 4 is 25.8 Å². The fourth-order valence-electron chi connectivity index (χ4n) is 3.23. The molecule has 1 aliphatic carbocycles. The lowest BCUT2D eigenvalue weighted by atomic mass is 9.78. The Bertz CT molecular complexity index is 339. The number of halogens is 1. The molecule has 2 nitrogen and oxygen atoms in total. The second-order valence-corrected chi connectivity index (χ2v) is 8.93. The lowest BCUT2D eigenvalue weighted by molar-refractivity contribution is 0.256. The zero-order valence-electron chi connectivity index (χ0n) is 9.86. The Hall–Kier alpha value is 0.430. The van der Waals surface area contributed by atoms with E-state index in [1.54, 1.807) is 0 Å². The van der Waals surface area contributed by atoms with Gasteiger partial charge in [-0.1, -0.05) is 35.7 Å². The molecule has 0 bridgehead atoms. The number of alkyl halides is 1. The molecule has 0 radical (unpaired) electrons. The van der Waals surface area contributed by atoms with E-state index in [9.17, 15) is 8.42 Å². The summed E-state index contributed by atoms with van der Waals surface area (Å²) in [6, 6.07) is 0. The van der Waals surface area contributed by atoms with Crippen molar-refractivity contribution in [1.82, 2.24) is 0 Å². The van der Waals surface area contributed by atoms with Crippen LogP contribution in [-0.2, 0) is 9.84 Å². The highest BCUT2D eigenvalue weighted by Gasteiger charge is 2.37. The second kappa shape index (κ2) is 4.97. The zero-order valence-corrected chi connectivity index (χ0v) is 12.3. The molecular formula is C12H21BrO2S. The van der Waals surface area contributed by atoms with Crippen molar-refractivity contribution in [2.24, 2.45) is 17.8 Å². The van der Waals surface area contributed by atoms with E-state index < -0.39 is 9.84 Å². The standard InChI is InChI=1S/C12H21BrO2S/c1-9-3-2-4-10(7-9)12(13)11-5-6-16(14,15)8-11/h9-12H,2-8H2,1H3. The molecule has 94 valence electrons. The molecule has 2 fully saturated rings. The quantitative estimate of drug-likeness (QED) is 0.735. The number of rotatable bonds is 2. The van der Waals surface area contributed by atoms with Crippen molar-refractivity contribution < 1.29 is 8.42 Å². The molecule has 1 saturated carbocycles. The summed E-state index contributed by atoms with van der Waals surface area (Å²) in [6.45, 7) is 2.32. The van der Waals surface area contributed by atoms with Crippen LogP contribution in [0.4, 0.5) is 0 Å². The maximum Gasteiger partial charge on any atom is 0.150 e. The van der Waals surface area contributed by atoms with Gasteiger partial charge in [-0.25, -0.2) is 8.42 Å². The lowest BCUT2D eigenvalue weighted by Gasteiger charge is -2.32. The molecule has 4 unspecified atom stereocenters. The van der Waals surface area contributed by atoms with E-state index in [0.29, 0.717) is 28.2 Å². The van der Waals surface area contributed by atoms with Crippen LogP contribution in [0.5, 0.6) is 0 Å². The van der Waals surface area contributed by atoms with Gasteiger partial charge in [0.2, 0.25) is 0 Å². The molecule has 0 N–H and O–H groups in total. The van der Waals surface area contributed by atoms with E-state index in [4.69, 9.17) is 0 Å². The molecule has 0 amide bonds. The van der Waals surface area contributed by atoms with Gasteiger partial charge in [0.1, 0.15) is 0 Å². The molecule has 16 heavy (non-hydrogen) atoms. The van der Waals surface area contributed by atoms with E-state index in [1.165, 1.54) is 25.7 Å². The Balaban J connectivity index is 1.94. The third kappa shape index (κ3) is 3.00. The third-order valence-electron chi connectivity index (χ3n) is 4.15. The van der Waals surface area contributed by atoms with Gasteiger partial charge in [-0.05, 0) is 37.0 Å². The molecule has 4 atom stereocenters. The van der Waals surface area contributed by atoms with Crippen molar-refractivity contribution in [3.05, 3.63) is 0 Å². The summed E-state index contributed by atoms with van der Waals surface area (Å²) >= 11 is 3.78. The highest BCUT2D eigenvalue weighted by molar-refractivity contribution is 9.09. The minimum absolute atomic E-state index is 0.361. The van der Waals surface area contributed by atoms with E-state index in [2.05, 4.69) is 22.9 Å². The topological polar surface area (TPSA) is 34.1 Å². The van der Waals surface area contributed by atoms with Crippen LogP contribution in [-0.4, -0.2) is 24.8 Å². The molecule has 4 heteroatoms. The Kier molecular flexibility index (Phi) is 4.00. The zero-order chi connectivity index (χ0) is 11.8. The van der Waals surface area contributed by atoms with Crippen LogP contribution in [0.3, 0.4) is 0 Å². The van der Waals surface area contributed by atoms with Crippen LogP contribution in [0.2, 0.25) is 0 Å². The number of hydrogen-bond donors (Lipinski definition) is 0. The number of sulfone groups is 1. The minimum Gasteiger partial charge on any atom is -0.229 e. The molecule has 2 rings (SSSR count). The van der Waals surface area contributed by atoms with Crippen molar-refractivity contribution in [2.75, 3.05) is 11.5 Å². The first-order valence-electron chi connectivity index (χ1n) is 6.32. The van der Waals surface area contributed by atoms with Gasteiger partial charge in [0.25, 0.3) is 0 Å². The first-order valence-corrected chi connectivity index (χ1v) is 9.06. The van der Waals surface area contributed by atoms with Crippen molar-refractivity contribution in [3.63, 3.8) is 0 Å². The van der Waals surface area contributed by atoms with Crippen LogP contribution < -0.4 is 0 Å². The molecule has 0 spiro atoms. The Morgan fingerprint density at radius 1 is 1.19 bits per heavy atom. The van der Waals surface area contributed by atoms with E-state index in [-0.39, 0.29) is 0 Å². The summed E-state index contributed by atoms with van der Waals surface area (Å²) in [5.41, 5.74) is 0. The third-order valence-corrected chi connectivity index (χ3v) is 7.43. The van der Waals surface area contributed by atoms with Gasteiger partial charge in [-0.3, -0.25) is 0 Å². The fraction of sp³-hybridized carbons (Fsp3) is 1.00. The predicted octanol–water partition coefficient (Wildman–Crippen LogP) is 3.01. The fourth-order valence-corrected chi connectivity index (χ4v) is 6.26. The van der Waals surface area contributed by atoms with Crippen LogP contribution >= 0.6 is 15.9 Å². The van der Waals surface area contributed by atoms with Crippen LogP contribution in [0.15, 0.2) is 0 Å². The first-order chi connectivity index (χ1) is 7.48. The Morgan fingerprint density at radius 2 is 1.94 bits per heavy atom. The Morgan fingerprint density at radius 3 is 2.50 bits per heavy atom. The van der Waals surface area contributed by atoms with Crippen LogP contribution in [0.25, 0.3) is 0 Å². The highest BCUT2D eigenvalue weighted by atomic mass is 79.9. The summed E-state index contributed by atoms with van der Waals surface area (Å²) < 4.78 is 22.9. The normalized spacial score (nSPS) is 40.8. The van der Waals surface area contributed by atoms with Gasteiger partial charge in [-0.15, -0.1) is 0 Å². The van der Waals surface area contributed by atoms with Crippen LogP contribution in [0.1, 0.15) is 39.0 Å². The molecule has 0 aromatic heterocycles. The van der Waals surface area contributed by atoms with Gasteiger partial charge in [-0.2, -0.15) is 0 Å². The SMILES string of the molecule is CC1CCCC(C(Br)C2CCS(=O)(=O)C2)C1. The molecule has 2 aliphatic rings. The van der Waals surface area contributed by atoms with Gasteiger partial charge < -0.3 is 0 Å². The lowest BCUT2D eigenvalue weighted by Crippen LogP contribution is -2.28. The van der Waals surface area contributed by atoms with Gasteiger partial charge in [0.15, 0.2) is 9.84 Å². The minimum atomic E-state index is -2.72. The average molecular weight is 309 g/mol. The van der Waals surface area contributed by atoms with Crippen molar-refractivity contribution in [2.45, 2.75) is 43.9 Å². The van der Waals surface area contributed by atoms with E-state index >= 15 is 0 Å². The van der Waals surface area contributed by atoms with Gasteiger partial charge >= 0.3 is 0 Å². The van der Waals surface area contributed by atoms with E-state index in [0.717, 1.165) is 12.3 Å². The molecule has 1 saturated heterocycles. The van der Waals surface area contributed by atoms with Gasteiger partial charge in [0, 0.05) is 4.83 Å². The largest absolute Gasteiger partial charge is 0.229 e. The average Bonchev–Trinajstić information content (AvgIpc) is 2.58. The molecule has 1 aliphatic heterocycles. The maximum atomic E-state index is 11.5. The maximum absolute atomic E-state index is 11.5. The smallest absolute Gasteiger partial charge is 0.150 e. The molecule has 0 aromatic carbocycles. The summed E-state index contributed by atoms with van der Waals surface area (Å²) in [6.07, 6.45) is 6.07. The van der Waals surface area contributed by atoms with Crippen molar-refractivity contribution in [3.8, 4) is 0 Å². The number of hydrogen-bond acceptors (Lipinski definition) is 2. The van der Waals surface area contributed by atoms with Crippen LogP contribution in [0, 0.1) is 17.8 Å². The summed E-state index contributed by atoms with van der Waals surface area (Å²) in [5, 5.41) is 0. The van der Waals surface area contributed by atoms with E-state index in [1.807, 2.05) is 0 Å². The Labute approximate surface area is 107 Å².